The summed E-state index contributed by atoms with van der Waals surface area (Å²) in [5.41, 5.74) is 1.01. The Morgan fingerprint density at radius 1 is 1.13 bits per heavy atom. The van der Waals surface area contributed by atoms with E-state index in [1.807, 2.05) is 0 Å². The molecular formula is C23H24N2O6. The average Bonchev–Trinajstić information content (AvgIpc) is 3.20. The van der Waals surface area contributed by atoms with E-state index >= 15 is 0 Å². The van der Waals surface area contributed by atoms with Gasteiger partial charge in [0.25, 0.3) is 5.91 Å². The zero-order chi connectivity index (χ0) is 22.0. The first-order valence-electron chi connectivity index (χ1n) is 10.2. The number of benzene rings is 2. The van der Waals surface area contributed by atoms with Crippen molar-refractivity contribution in [3.8, 4) is 17.2 Å². The van der Waals surface area contributed by atoms with E-state index in [0.29, 0.717) is 35.8 Å². The number of phenolic OH excluding ortho intramolecular Hbond substituents is 1. The molecule has 4 rings (SSSR count). The fraction of sp³-hybridized carbons (Fsp3) is 0.348. The Hall–Kier alpha value is -3.55. The molecule has 2 N–H and O–H groups in total. The topological polar surface area (TPSA) is 105 Å². The Kier molecular flexibility index (Phi) is 5.79. The summed E-state index contributed by atoms with van der Waals surface area (Å²) in [5.74, 6) is 0.239. The highest BCUT2D eigenvalue weighted by Crippen LogP contribution is 2.37. The second-order valence-electron chi connectivity index (χ2n) is 7.84. The number of rotatable bonds is 5. The third kappa shape index (κ3) is 4.47. The zero-order valence-electron chi connectivity index (χ0n) is 17.2. The number of para-hydroxylation sites is 1. The first-order chi connectivity index (χ1) is 14.9. The smallest absolute Gasteiger partial charge is 0.257 e. The second-order valence-corrected chi connectivity index (χ2v) is 7.84. The van der Waals surface area contributed by atoms with Gasteiger partial charge in [0.1, 0.15) is 5.75 Å². The van der Waals surface area contributed by atoms with Crippen LogP contribution in [0, 0.1) is 5.92 Å². The molecule has 0 aromatic heterocycles. The van der Waals surface area contributed by atoms with E-state index in [-0.39, 0.29) is 48.0 Å². The van der Waals surface area contributed by atoms with Crippen LogP contribution in [0.5, 0.6) is 17.2 Å². The van der Waals surface area contributed by atoms with Crippen LogP contribution in [0.15, 0.2) is 36.4 Å². The molecule has 1 atom stereocenters. The summed E-state index contributed by atoms with van der Waals surface area (Å²) < 4.78 is 10.7. The van der Waals surface area contributed by atoms with Crippen LogP contribution < -0.4 is 14.8 Å². The van der Waals surface area contributed by atoms with Gasteiger partial charge in [0.15, 0.2) is 17.3 Å². The summed E-state index contributed by atoms with van der Waals surface area (Å²) >= 11 is 0. The molecule has 2 amide bonds. The Morgan fingerprint density at radius 3 is 2.61 bits per heavy atom. The number of hydrogen-bond donors (Lipinski definition) is 2. The summed E-state index contributed by atoms with van der Waals surface area (Å²) in [5, 5.41) is 12.8. The lowest BCUT2D eigenvalue weighted by Gasteiger charge is -2.32. The number of anilines is 1. The van der Waals surface area contributed by atoms with Gasteiger partial charge in [0.2, 0.25) is 12.7 Å². The van der Waals surface area contributed by atoms with Crippen molar-refractivity contribution in [3.63, 3.8) is 0 Å². The highest BCUT2D eigenvalue weighted by atomic mass is 16.7. The zero-order valence-corrected chi connectivity index (χ0v) is 17.2. The number of hydrogen-bond acceptors (Lipinski definition) is 6. The van der Waals surface area contributed by atoms with Crippen LogP contribution in [0.3, 0.4) is 0 Å². The van der Waals surface area contributed by atoms with E-state index in [9.17, 15) is 19.5 Å². The molecule has 0 saturated carbocycles. The number of ketones is 1. The highest BCUT2D eigenvalue weighted by Gasteiger charge is 2.28. The molecule has 0 aliphatic carbocycles. The number of carbonyl (C=O) groups is 3. The maximum atomic E-state index is 12.8. The van der Waals surface area contributed by atoms with Gasteiger partial charge in [-0.25, -0.2) is 0 Å². The van der Waals surface area contributed by atoms with E-state index in [1.54, 1.807) is 35.2 Å². The van der Waals surface area contributed by atoms with Crippen molar-refractivity contribution in [1.82, 2.24) is 4.90 Å². The summed E-state index contributed by atoms with van der Waals surface area (Å²) in [6.45, 7) is 2.52. The van der Waals surface area contributed by atoms with Crippen molar-refractivity contribution in [2.24, 2.45) is 5.92 Å². The van der Waals surface area contributed by atoms with Gasteiger partial charge in [-0.2, -0.15) is 0 Å². The molecule has 31 heavy (non-hydrogen) atoms. The Balaban J connectivity index is 1.42. The number of aromatic hydroxyl groups is 1. The normalized spacial score (nSPS) is 17.3. The van der Waals surface area contributed by atoms with Crippen molar-refractivity contribution in [3.05, 3.63) is 47.5 Å². The fourth-order valence-electron chi connectivity index (χ4n) is 4.04. The molecule has 0 spiro atoms. The first kappa shape index (κ1) is 20.7. The molecule has 2 heterocycles. The number of carbonyl (C=O) groups excluding carboxylic acids is 3. The number of fused-ring (bicyclic) bond motifs is 1. The number of phenols is 1. The first-order valence-corrected chi connectivity index (χ1v) is 10.2. The average molecular weight is 424 g/mol. The number of nitrogens with zero attached hydrogens (tertiary/aromatic N) is 1. The van der Waals surface area contributed by atoms with Crippen molar-refractivity contribution in [1.29, 1.82) is 0 Å². The molecule has 1 saturated heterocycles. The third-order valence-electron chi connectivity index (χ3n) is 5.58. The minimum Gasteiger partial charge on any atom is -0.507 e. The summed E-state index contributed by atoms with van der Waals surface area (Å²) in [7, 11) is 0. The number of ether oxygens (including phenoxy) is 2. The number of likely N-dealkylation sites (tertiary alicyclic amines) is 1. The van der Waals surface area contributed by atoms with Gasteiger partial charge < -0.3 is 24.8 Å². The number of Topliss-reactive ketones (excluding diaryl/α,β-unsaturated/α-hetero) is 1. The summed E-state index contributed by atoms with van der Waals surface area (Å²) in [6.07, 6.45) is 1.81. The fourth-order valence-corrected chi connectivity index (χ4v) is 4.04. The maximum absolute atomic E-state index is 12.8. The minimum absolute atomic E-state index is 0.0154. The van der Waals surface area contributed by atoms with Gasteiger partial charge in [0, 0.05) is 31.1 Å². The molecular weight excluding hydrogens is 400 g/mol. The summed E-state index contributed by atoms with van der Waals surface area (Å²) in [6, 6.07) is 9.64. The molecule has 2 aromatic rings. The van der Waals surface area contributed by atoms with E-state index in [1.165, 1.54) is 13.0 Å². The SMILES string of the molecule is CC(=O)c1cc2c(cc1NC(=O)CC1CCCN(C(=O)c3ccccc3O)C1)OCO2. The van der Waals surface area contributed by atoms with Crippen LogP contribution in [-0.2, 0) is 4.79 Å². The maximum Gasteiger partial charge on any atom is 0.257 e. The minimum atomic E-state index is -0.238. The molecule has 1 unspecified atom stereocenters. The van der Waals surface area contributed by atoms with Crippen LogP contribution in [0.1, 0.15) is 46.9 Å². The van der Waals surface area contributed by atoms with Crippen LogP contribution in [0.25, 0.3) is 0 Å². The van der Waals surface area contributed by atoms with Gasteiger partial charge in [-0.05, 0) is 43.9 Å². The predicted molar refractivity (Wildman–Crippen MR) is 113 cm³/mol. The van der Waals surface area contributed by atoms with E-state index in [4.69, 9.17) is 9.47 Å². The van der Waals surface area contributed by atoms with Gasteiger partial charge in [-0.15, -0.1) is 0 Å². The lowest BCUT2D eigenvalue weighted by molar-refractivity contribution is -0.117. The van der Waals surface area contributed by atoms with E-state index in [2.05, 4.69) is 5.32 Å². The Morgan fingerprint density at radius 2 is 1.87 bits per heavy atom. The molecule has 0 radical (unpaired) electrons. The van der Waals surface area contributed by atoms with Crippen LogP contribution >= 0.6 is 0 Å². The molecule has 1 fully saturated rings. The lowest BCUT2D eigenvalue weighted by Crippen LogP contribution is -2.41. The van der Waals surface area contributed by atoms with Crippen molar-refractivity contribution in [2.45, 2.75) is 26.2 Å². The molecule has 2 aliphatic heterocycles. The van der Waals surface area contributed by atoms with Gasteiger partial charge in [-0.3, -0.25) is 14.4 Å². The lowest BCUT2D eigenvalue weighted by atomic mass is 9.93. The van der Waals surface area contributed by atoms with Crippen LogP contribution in [0.4, 0.5) is 5.69 Å². The van der Waals surface area contributed by atoms with Crippen LogP contribution in [-0.4, -0.2) is 47.5 Å². The van der Waals surface area contributed by atoms with E-state index in [0.717, 1.165) is 12.8 Å². The predicted octanol–water partition coefficient (Wildman–Crippen LogP) is 3.20. The van der Waals surface area contributed by atoms with E-state index < -0.39 is 0 Å². The molecule has 2 aliphatic rings. The monoisotopic (exact) mass is 424 g/mol. The van der Waals surface area contributed by atoms with Gasteiger partial charge in [0.05, 0.1) is 11.3 Å². The molecule has 0 bridgehead atoms. The number of piperidine rings is 1. The standard InChI is InChI=1S/C23H24N2O6/c1-14(26)17-10-20-21(31-13-30-20)11-18(17)24-22(28)9-15-5-4-8-25(12-15)23(29)16-6-2-3-7-19(16)27/h2-3,6-7,10-11,15,27H,4-5,8-9,12-13H2,1H3,(H,24,28). The third-order valence-corrected chi connectivity index (χ3v) is 5.58. The Bertz CT molecular complexity index is 1030. The largest absolute Gasteiger partial charge is 0.507 e. The second kappa shape index (κ2) is 8.67. The quantitative estimate of drug-likeness (QED) is 0.714. The molecule has 2 aromatic carbocycles. The van der Waals surface area contributed by atoms with Crippen LogP contribution in [0.2, 0.25) is 0 Å². The summed E-state index contributed by atoms with van der Waals surface area (Å²) in [4.78, 5) is 39.2. The number of nitrogens with one attached hydrogen (secondary N) is 1. The van der Waals surface area contributed by atoms with Gasteiger partial charge >= 0.3 is 0 Å². The Labute approximate surface area is 179 Å². The van der Waals surface area contributed by atoms with Crippen molar-refractivity contribution in [2.75, 3.05) is 25.2 Å². The molecule has 8 heteroatoms. The molecule has 8 nitrogen and oxygen atoms in total. The van der Waals surface area contributed by atoms with Crippen molar-refractivity contribution < 1.29 is 29.0 Å². The molecule has 162 valence electrons. The highest BCUT2D eigenvalue weighted by molar-refractivity contribution is 6.04. The van der Waals surface area contributed by atoms with Gasteiger partial charge in [-0.1, -0.05) is 12.1 Å². The van der Waals surface area contributed by atoms with Crippen molar-refractivity contribution >= 4 is 23.3 Å². The number of amides is 2.